The van der Waals surface area contributed by atoms with Gasteiger partial charge in [-0.05, 0) is 60.4 Å². The summed E-state index contributed by atoms with van der Waals surface area (Å²) < 4.78 is 9.40. The van der Waals surface area contributed by atoms with E-state index in [1.54, 1.807) is 10.7 Å². The number of amides is 1. The molecular weight excluding hydrogens is 388 g/mol. The second-order valence-corrected chi connectivity index (χ2v) is 7.88. The molecule has 0 saturated heterocycles. The van der Waals surface area contributed by atoms with Crippen LogP contribution in [-0.2, 0) is 11.3 Å². The lowest BCUT2D eigenvalue weighted by molar-refractivity contribution is 0.0995. The normalized spacial score (nSPS) is 14.0. The van der Waals surface area contributed by atoms with Crippen molar-refractivity contribution in [2.45, 2.75) is 19.9 Å². The number of hydrogen-bond donors (Lipinski definition) is 1. The number of aromatic nitrogens is 3. The van der Waals surface area contributed by atoms with Gasteiger partial charge in [-0.2, -0.15) is 5.10 Å². The second-order valence-electron chi connectivity index (χ2n) is 7.88. The van der Waals surface area contributed by atoms with Gasteiger partial charge in [0.05, 0.1) is 18.9 Å². The maximum atomic E-state index is 11.4. The highest BCUT2D eigenvalue weighted by atomic mass is 16.5. The lowest BCUT2D eigenvalue weighted by Gasteiger charge is -2.14. The molecular formula is C25H24N4O2. The summed E-state index contributed by atoms with van der Waals surface area (Å²) in [5, 5.41) is 5.45. The van der Waals surface area contributed by atoms with Crippen molar-refractivity contribution in [1.82, 2.24) is 14.3 Å². The summed E-state index contributed by atoms with van der Waals surface area (Å²) in [7, 11) is 0. The Morgan fingerprint density at radius 3 is 2.68 bits per heavy atom. The lowest BCUT2D eigenvalue weighted by Crippen LogP contribution is -2.12. The number of nitrogens with two attached hydrogens (primary N) is 1. The van der Waals surface area contributed by atoms with Crippen molar-refractivity contribution in [3.05, 3.63) is 89.4 Å². The average molecular weight is 412 g/mol. The lowest BCUT2D eigenvalue weighted by atomic mass is 10.0. The second kappa shape index (κ2) is 7.89. The number of nitrogens with zero attached hydrogens (tertiary/aromatic N) is 3. The van der Waals surface area contributed by atoms with Crippen molar-refractivity contribution in [1.29, 1.82) is 0 Å². The van der Waals surface area contributed by atoms with Crippen LogP contribution < -0.4 is 5.73 Å². The van der Waals surface area contributed by atoms with Crippen molar-refractivity contribution >= 4 is 22.4 Å². The highest BCUT2D eigenvalue weighted by Gasteiger charge is 2.12. The molecule has 0 radical (unpaired) electrons. The van der Waals surface area contributed by atoms with E-state index in [2.05, 4.69) is 64.4 Å². The first-order valence-electron chi connectivity index (χ1n) is 10.4. The van der Waals surface area contributed by atoms with Gasteiger partial charge < -0.3 is 15.0 Å². The van der Waals surface area contributed by atoms with Gasteiger partial charge in [0.15, 0.2) is 5.69 Å². The summed E-state index contributed by atoms with van der Waals surface area (Å²) in [6.45, 7) is 4.22. The SMILES string of the molecule is Cc1cc(C(N)=O)nn1-c1ccc2c(ccn2Cc2ccc(C3=CCOCC3)cc2)c1. The third kappa shape index (κ3) is 3.78. The van der Waals surface area contributed by atoms with Crippen LogP contribution in [0.3, 0.4) is 0 Å². The zero-order chi connectivity index (χ0) is 21.4. The number of aryl methyl sites for hydroxylation is 1. The smallest absolute Gasteiger partial charge is 0.269 e. The zero-order valence-corrected chi connectivity index (χ0v) is 17.4. The fraction of sp³-hybridized carbons (Fsp3) is 0.200. The van der Waals surface area contributed by atoms with E-state index in [0.717, 1.165) is 41.9 Å². The van der Waals surface area contributed by atoms with E-state index in [0.29, 0.717) is 6.61 Å². The maximum absolute atomic E-state index is 11.4. The monoisotopic (exact) mass is 412 g/mol. The zero-order valence-electron chi connectivity index (χ0n) is 17.4. The number of primary amides is 1. The molecule has 1 aliphatic heterocycles. The predicted octanol–water partition coefficient (Wildman–Crippen LogP) is 4.09. The predicted molar refractivity (Wildman–Crippen MR) is 121 cm³/mol. The number of carbonyl (C=O) groups excluding carboxylic acids is 1. The molecule has 0 saturated carbocycles. The maximum Gasteiger partial charge on any atom is 0.269 e. The van der Waals surface area contributed by atoms with Gasteiger partial charge in [-0.25, -0.2) is 4.68 Å². The molecule has 6 nitrogen and oxygen atoms in total. The van der Waals surface area contributed by atoms with E-state index in [9.17, 15) is 4.79 Å². The molecule has 3 heterocycles. The van der Waals surface area contributed by atoms with Crippen LogP contribution in [0.1, 0.15) is 33.7 Å². The number of rotatable bonds is 5. The van der Waals surface area contributed by atoms with Crippen molar-refractivity contribution in [2.24, 2.45) is 5.73 Å². The molecule has 2 aromatic heterocycles. The number of fused-ring (bicyclic) bond motifs is 1. The Labute approximate surface area is 180 Å². The topological polar surface area (TPSA) is 75.1 Å². The molecule has 2 N–H and O–H groups in total. The van der Waals surface area contributed by atoms with Gasteiger partial charge in [0, 0.05) is 29.3 Å². The largest absolute Gasteiger partial charge is 0.377 e. The fourth-order valence-corrected chi connectivity index (χ4v) is 4.12. The van der Waals surface area contributed by atoms with Crippen LogP contribution in [0.5, 0.6) is 0 Å². The Bertz CT molecular complexity index is 1300. The highest BCUT2D eigenvalue weighted by Crippen LogP contribution is 2.24. The fourth-order valence-electron chi connectivity index (χ4n) is 4.12. The molecule has 0 aliphatic carbocycles. The van der Waals surface area contributed by atoms with Crippen LogP contribution in [-0.4, -0.2) is 33.5 Å². The average Bonchev–Trinajstić information content (AvgIpc) is 3.38. The number of carbonyl (C=O) groups is 1. The molecule has 0 fully saturated rings. The van der Waals surface area contributed by atoms with E-state index in [1.165, 1.54) is 16.7 Å². The van der Waals surface area contributed by atoms with E-state index in [1.807, 2.05) is 13.0 Å². The molecule has 4 aromatic rings. The molecule has 5 rings (SSSR count). The minimum atomic E-state index is -0.520. The molecule has 0 unspecified atom stereocenters. The molecule has 1 amide bonds. The third-order valence-corrected chi connectivity index (χ3v) is 5.78. The summed E-state index contributed by atoms with van der Waals surface area (Å²) in [6, 6.07) is 18.8. The molecule has 31 heavy (non-hydrogen) atoms. The van der Waals surface area contributed by atoms with E-state index < -0.39 is 5.91 Å². The Morgan fingerprint density at radius 2 is 1.97 bits per heavy atom. The van der Waals surface area contributed by atoms with Gasteiger partial charge in [0.1, 0.15) is 0 Å². The third-order valence-electron chi connectivity index (χ3n) is 5.78. The number of ether oxygens (including phenoxy) is 1. The summed E-state index contributed by atoms with van der Waals surface area (Å²) in [4.78, 5) is 11.4. The first kappa shape index (κ1) is 19.3. The molecule has 0 atom stereocenters. The quantitative estimate of drug-likeness (QED) is 0.537. The standard InChI is InChI=1S/C25H24N4O2/c1-17-14-23(25(26)30)27-29(17)22-6-7-24-21(15-22)8-11-28(24)16-18-2-4-19(5-3-18)20-9-12-31-13-10-20/h2-9,11,14-15H,10,12-13,16H2,1H3,(H2,26,30). The van der Waals surface area contributed by atoms with Crippen molar-refractivity contribution in [2.75, 3.05) is 13.2 Å². The summed E-state index contributed by atoms with van der Waals surface area (Å²) >= 11 is 0. The van der Waals surface area contributed by atoms with E-state index in [4.69, 9.17) is 10.5 Å². The van der Waals surface area contributed by atoms with Crippen LogP contribution >= 0.6 is 0 Å². The Kier molecular flexibility index (Phi) is 4.92. The number of hydrogen-bond acceptors (Lipinski definition) is 3. The minimum Gasteiger partial charge on any atom is -0.377 e. The van der Waals surface area contributed by atoms with E-state index in [-0.39, 0.29) is 5.69 Å². The van der Waals surface area contributed by atoms with Gasteiger partial charge in [-0.1, -0.05) is 30.3 Å². The van der Waals surface area contributed by atoms with Gasteiger partial charge in [-0.3, -0.25) is 4.79 Å². The van der Waals surface area contributed by atoms with Gasteiger partial charge >= 0.3 is 0 Å². The van der Waals surface area contributed by atoms with Crippen molar-refractivity contribution in [3.8, 4) is 5.69 Å². The van der Waals surface area contributed by atoms with Crippen LogP contribution in [0.2, 0.25) is 0 Å². The first-order chi connectivity index (χ1) is 15.1. The molecule has 1 aliphatic rings. The van der Waals surface area contributed by atoms with Crippen LogP contribution in [0, 0.1) is 6.92 Å². The minimum absolute atomic E-state index is 0.273. The van der Waals surface area contributed by atoms with Crippen LogP contribution in [0.25, 0.3) is 22.2 Å². The summed E-state index contributed by atoms with van der Waals surface area (Å²) in [6.07, 6.45) is 5.25. The van der Waals surface area contributed by atoms with Gasteiger partial charge in [0.25, 0.3) is 5.91 Å². The molecule has 6 heteroatoms. The molecule has 156 valence electrons. The van der Waals surface area contributed by atoms with Crippen LogP contribution in [0.4, 0.5) is 0 Å². The Balaban J connectivity index is 1.39. The van der Waals surface area contributed by atoms with Crippen molar-refractivity contribution in [3.63, 3.8) is 0 Å². The first-order valence-corrected chi connectivity index (χ1v) is 10.4. The summed E-state index contributed by atoms with van der Waals surface area (Å²) in [5.74, 6) is -0.520. The number of benzene rings is 2. The van der Waals surface area contributed by atoms with Crippen LogP contribution in [0.15, 0.2) is 66.9 Å². The summed E-state index contributed by atoms with van der Waals surface area (Å²) in [5.41, 5.74) is 12.5. The molecule has 2 aromatic carbocycles. The van der Waals surface area contributed by atoms with Crippen molar-refractivity contribution < 1.29 is 9.53 Å². The molecule has 0 bridgehead atoms. The molecule has 0 spiro atoms. The Hall–Kier alpha value is -3.64. The van der Waals surface area contributed by atoms with Gasteiger partial charge in [0.2, 0.25) is 0 Å². The van der Waals surface area contributed by atoms with Gasteiger partial charge in [-0.15, -0.1) is 0 Å². The Morgan fingerprint density at radius 1 is 1.13 bits per heavy atom. The van der Waals surface area contributed by atoms with E-state index >= 15 is 0 Å². The highest BCUT2D eigenvalue weighted by molar-refractivity contribution is 5.91.